The molecule has 2 heterocycles. The van der Waals surface area contributed by atoms with E-state index in [4.69, 9.17) is 15.3 Å². The van der Waals surface area contributed by atoms with Gasteiger partial charge in [0.25, 0.3) is 0 Å². The molecule has 6 aromatic carbocycles. The zero-order chi connectivity index (χ0) is 39.6. The summed E-state index contributed by atoms with van der Waals surface area (Å²) in [6.45, 7) is 13.5. The van der Waals surface area contributed by atoms with E-state index in [0.29, 0.717) is 0 Å². The maximum Gasteiger partial charge on any atom is 2.00 e. The van der Waals surface area contributed by atoms with Crippen molar-refractivity contribution >= 4 is 11.4 Å². The molecule has 288 valence electrons. The minimum atomic E-state index is -0.0910. The average Bonchev–Trinajstić information content (AvgIpc) is 3.24. The molecule has 0 spiro atoms. The van der Waals surface area contributed by atoms with Crippen LogP contribution in [-0.4, -0.2) is 9.97 Å². The van der Waals surface area contributed by atoms with Crippen molar-refractivity contribution in [1.82, 2.24) is 9.97 Å². The summed E-state index contributed by atoms with van der Waals surface area (Å²) in [5.41, 5.74) is 16.2. The maximum atomic E-state index is 5.51. The van der Waals surface area contributed by atoms with Crippen molar-refractivity contribution in [2.45, 2.75) is 52.4 Å². The van der Waals surface area contributed by atoms with Gasteiger partial charge in [0.2, 0.25) is 0 Å². The molecule has 0 amide bonds. The number of rotatable bonds is 8. The summed E-state index contributed by atoms with van der Waals surface area (Å²) in [5, 5.41) is 5.51. The molecular formula is C54H47N3Pt. The third kappa shape index (κ3) is 8.96. The molecule has 0 aliphatic carbocycles. The molecule has 58 heavy (non-hydrogen) atoms. The zero-order valence-corrected chi connectivity index (χ0v) is 36.2. The van der Waals surface area contributed by atoms with E-state index in [1.807, 2.05) is 24.4 Å². The first-order chi connectivity index (χ1) is 27.5. The summed E-state index contributed by atoms with van der Waals surface area (Å²) in [5.74, 6) is 0. The summed E-state index contributed by atoms with van der Waals surface area (Å²) in [7, 11) is 0. The van der Waals surface area contributed by atoms with E-state index >= 15 is 0 Å². The second-order valence-corrected chi connectivity index (χ2v) is 16.7. The van der Waals surface area contributed by atoms with Crippen LogP contribution in [0.3, 0.4) is 0 Å². The van der Waals surface area contributed by atoms with E-state index in [1.165, 1.54) is 11.1 Å². The van der Waals surface area contributed by atoms with E-state index in [-0.39, 0.29) is 31.9 Å². The zero-order valence-electron chi connectivity index (χ0n) is 33.9. The second kappa shape index (κ2) is 16.9. The molecule has 8 aromatic rings. The molecule has 0 atom stereocenters. The first kappa shape index (κ1) is 40.3. The maximum absolute atomic E-state index is 5.51. The Balaban J connectivity index is 0.00000512. The third-order valence-electron chi connectivity index (χ3n) is 10.5. The first-order valence-electron chi connectivity index (χ1n) is 19.7. The van der Waals surface area contributed by atoms with Crippen LogP contribution in [0.1, 0.15) is 52.7 Å². The first-order valence-corrected chi connectivity index (χ1v) is 19.7. The minimum Gasteiger partial charge on any atom is -0.657 e. The van der Waals surface area contributed by atoms with Crippen LogP contribution in [0.5, 0.6) is 0 Å². The Labute approximate surface area is 358 Å². The molecule has 0 saturated carbocycles. The minimum absolute atomic E-state index is 0. The van der Waals surface area contributed by atoms with Gasteiger partial charge < -0.3 is 5.32 Å². The molecule has 0 aliphatic rings. The SMILES string of the molecule is CC(C)(C)c1ccc([N-]c2ccc(C(C)(C)C)cc2-c2cc(-c3ccccc3)cc(-c3[c-]ccc(-c4ccccc4)c3)n2)c(-c2cc(-c3ccccc3)ccn2)c1.[Pt+2]. The quantitative estimate of drug-likeness (QED) is 0.142. The Bertz CT molecular complexity index is 2660. The smallest absolute Gasteiger partial charge is 0.657 e. The number of nitrogens with zero attached hydrogens (tertiary/aromatic N) is 3. The van der Waals surface area contributed by atoms with Crippen LogP contribution in [0.2, 0.25) is 0 Å². The molecule has 0 bridgehead atoms. The van der Waals surface area contributed by atoms with Gasteiger partial charge in [-0.05, 0) is 84.8 Å². The van der Waals surface area contributed by atoms with Crippen LogP contribution in [0.4, 0.5) is 11.4 Å². The van der Waals surface area contributed by atoms with Crippen molar-refractivity contribution in [1.29, 1.82) is 0 Å². The molecule has 0 N–H and O–H groups in total. The van der Waals surface area contributed by atoms with E-state index in [9.17, 15) is 0 Å². The topological polar surface area (TPSA) is 39.9 Å². The van der Waals surface area contributed by atoms with Gasteiger partial charge in [-0.1, -0.05) is 175 Å². The number of aromatic nitrogens is 2. The Hall–Kier alpha value is -5.89. The van der Waals surface area contributed by atoms with Crippen LogP contribution >= 0.6 is 0 Å². The molecule has 0 fully saturated rings. The standard InChI is InChI=1S/C54H47N3.Pt/c1-53(2,3)44-25-27-48(46(35-44)51-32-41(29-30-55-51)38-19-12-8-13-20-38)56-49-28-26-45(54(4,5)6)36-47(49)52-34-43(39-21-14-9-15-22-39)33-50(57-52)42-24-16-23-40(31-42)37-17-10-7-11-18-37;/h7-23,25-36H,1-6H3;/q-2;+2. The van der Waals surface area contributed by atoms with Gasteiger partial charge >= 0.3 is 21.1 Å². The van der Waals surface area contributed by atoms with Crippen LogP contribution in [-0.2, 0) is 31.9 Å². The predicted molar refractivity (Wildman–Crippen MR) is 240 cm³/mol. The normalized spacial score (nSPS) is 11.5. The van der Waals surface area contributed by atoms with Gasteiger partial charge in [-0.15, -0.1) is 46.8 Å². The monoisotopic (exact) mass is 932 g/mol. The molecule has 4 heteroatoms. The number of hydrogen-bond acceptors (Lipinski definition) is 2. The van der Waals surface area contributed by atoms with E-state index in [1.54, 1.807) is 0 Å². The van der Waals surface area contributed by atoms with E-state index in [2.05, 4.69) is 199 Å². The largest absolute Gasteiger partial charge is 2.00 e. The second-order valence-electron chi connectivity index (χ2n) is 16.7. The molecule has 3 nitrogen and oxygen atoms in total. The van der Waals surface area contributed by atoms with Gasteiger partial charge in [-0.2, -0.15) is 0 Å². The van der Waals surface area contributed by atoms with Crippen molar-refractivity contribution < 1.29 is 21.1 Å². The summed E-state index contributed by atoms with van der Waals surface area (Å²) < 4.78 is 0. The van der Waals surface area contributed by atoms with E-state index < -0.39 is 0 Å². The molecular weight excluding hydrogens is 886 g/mol. The van der Waals surface area contributed by atoms with Crippen LogP contribution in [0.15, 0.2) is 176 Å². The van der Waals surface area contributed by atoms with Crippen molar-refractivity contribution in [2.75, 3.05) is 0 Å². The van der Waals surface area contributed by atoms with Crippen molar-refractivity contribution in [3.8, 4) is 67.2 Å². The number of pyridine rings is 2. The van der Waals surface area contributed by atoms with Crippen molar-refractivity contribution in [3.63, 3.8) is 0 Å². The van der Waals surface area contributed by atoms with Crippen LogP contribution in [0, 0.1) is 6.07 Å². The fraction of sp³-hybridized carbons (Fsp3) is 0.148. The van der Waals surface area contributed by atoms with E-state index in [0.717, 1.165) is 78.5 Å². The Morgan fingerprint density at radius 2 is 0.897 bits per heavy atom. The number of hydrogen-bond donors (Lipinski definition) is 0. The van der Waals surface area contributed by atoms with Crippen LogP contribution < -0.4 is 0 Å². The molecule has 2 aromatic heterocycles. The predicted octanol–water partition coefficient (Wildman–Crippen LogP) is 15.2. The van der Waals surface area contributed by atoms with Gasteiger partial charge in [0.15, 0.2) is 0 Å². The summed E-state index contributed by atoms with van der Waals surface area (Å²) in [6, 6.07) is 63.2. The average molecular weight is 933 g/mol. The fourth-order valence-corrected chi connectivity index (χ4v) is 7.16. The number of benzene rings is 6. The Morgan fingerprint density at radius 1 is 0.431 bits per heavy atom. The molecule has 0 aliphatic heterocycles. The third-order valence-corrected chi connectivity index (χ3v) is 10.5. The molecule has 0 radical (unpaired) electrons. The summed E-state index contributed by atoms with van der Waals surface area (Å²) in [6.07, 6.45) is 1.90. The summed E-state index contributed by atoms with van der Waals surface area (Å²) >= 11 is 0. The van der Waals surface area contributed by atoms with Gasteiger partial charge in [-0.25, -0.2) is 0 Å². The van der Waals surface area contributed by atoms with Crippen molar-refractivity contribution in [3.05, 3.63) is 199 Å². The Morgan fingerprint density at radius 3 is 1.43 bits per heavy atom. The molecule has 8 rings (SSSR count). The fourth-order valence-electron chi connectivity index (χ4n) is 7.16. The molecule has 0 saturated heterocycles. The summed E-state index contributed by atoms with van der Waals surface area (Å²) in [4.78, 5) is 10.4. The Kier molecular flexibility index (Phi) is 11.8. The van der Waals surface area contributed by atoms with Crippen molar-refractivity contribution in [2.24, 2.45) is 0 Å². The molecule has 0 unspecified atom stereocenters. The van der Waals surface area contributed by atoms with Gasteiger partial charge in [0.05, 0.1) is 11.4 Å². The van der Waals surface area contributed by atoms with Crippen LogP contribution in [0.25, 0.3) is 72.5 Å². The van der Waals surface area contributed by atoms with Gasteiger partial charge in [-0.3, -0.25) is 9.97 Å². The van der Waals surface area contributed by atoms with Gasteiger partial charge in [0.1, 0.15) is 0 Å². The van der Waals surface area contributed by atoms with Gasteiger partial charge in [0, 0.05) is 6.20 Å².